The van der Waals surface area contributed by atoms with Crippen LogP contribution in [0.3, 0.4) is 0 Å². The first-order valence-electron chi connectivity index (χ1n) is 11.6. The van der Waals surface area contributed by atoms with Gasteiger partial charge < -0.3 is 10.8 Å². The van der Waals surface area contributed by atoms with Crippen LogP contribution in [0.25, 0.3) is 0 Å². The summed E-state index contributed by atoms with van der Waals surface area (Å²) in [5.74, 6) is 0.341. The van der Waals surface area contributed by atoms with Crippen molar-refractivity contribution in [1.29, 1.82) is 0 Å². The van der Waals surface area contributed by atoms with E-state index < -0.39 is 0 Å². The fourth-order valence-electron chi connectivity index (χ4n) is 3.51. The molecule has 0 spiro atoms. The predicted molar refractivity (Wildman–Crippen MR) is 123 cm³/mol. The molecule has 0 aromatic heterocycles. The van der Waals surface area contributed by atoms with Gasteiger partial charge in [-0.25, -0.2) is 0 Å². The highest BCUT2D eigenvalue weighted by Gasteiger charge is 2.14. The quantitative estimate of drug-likeness (QED) is 0.351. The van der Waals surface area contributed by atoms with E-state index in [1.54, 1.807) is 6.07 Å². The zero-order valence-corrected chi connectivity index (χ0v) is 19.0. The third kappa shape index (κ3) is 9.29. The Hall–Kier alpha value is -1.26. The van der Waals surface area contributed by atoms with Crippen LogP contribution in [0.15, 0.2) is 12.1 Å². The van der Waals surface area contributed by atoms with Crippen molar-refractivity contribution in [3.05, 3.63) is 23.3 Å². The Balaban J connectivity index is 2.92. The van der Waals surface area contributed by atoms with E-state index in [0.29, 0.717) is 11.4 Å². The van der Waals surface area contributed by atoms with E-state index in [1.165, 1.54) is 51.4 Å². The van der Waals surface area contributed by atoms with Crippen molar-refractivity contribution in [2.75, 3.05) is 31.9 Å². The molecular formula is C24H45N3O. The van der Waals surface area contributed by atoms with Crippen LogP contribution in [0.1, 0.15) is 90.2 Å². The van der Waals surface area contributed by atoms with Crippen LogP contribution in [0.4, 0.5) is 5.69 Å². The topological polar surface area (TPSA) is 52.7 Å². The molecule has 0 fully saturated rings. The highest BCUT2D eigenvalue weighted by Crippen LogP contribution is 2.27. The first-order valence-corrected chi connectivity index (χ1v) is 11.6. The van der Waals surface area contributed by atoms with Gasteiger partial charge in [0, 0.05) is 30.4 Å². The second-order valence-electron chi connectivity index (χ2n) is 8.15. The number of benzene rings is 1. The third-order valence-corrected chi connectivity index (χ3v) is 5.44. The second-order valence-corrected chi connectivity index (χ2v) is 8.15. The Bertz CT molecular complexity index is 474. The number of hydrogen-bond donors (Lipinski definition) is 2. The Morgan fingerprint density at radius 3 is 1.46 bits per heavy atom. The van der Waals surface area contributed by atoms with Crippen molar-refractivity contribution in [3.63, 3.8) is 0 Å². The van der Waals surface area contributed by atoms with Gasteiger partial charge in [0.2, 0.25) is 0 Å². The Morgan fingerprint density at radius 2 is 1.07 bits per heavy atom. The second kappa shape index (κ2) is 14.7. The lowest BCUT2D eigenvalue weighted by atomic mass is 10.1. The third-order valence-electron chi connectivity index (χ3n) is 5.44. The molecule has 1 aromatic carbocycles. The minimum Gasteiger partial charge on any atom is -0.508 e. The number of nitrogen functional groups attached to an aromatic ring is 1. The number of aromatic hydroxyl groups is 1. The average molecular weight is 392 g/mol. The van der Waals surface area contributed by atoms with Crippen molar-refractivity contribution in [2.45, 2.75) is 92.2 Å². The molecule has 0 radical (unpaired) electrons. The van der Waals surface area contributed by atoms with Crippen molar-refractivity contribution < 1.29 is 5.11 Å². The van der Waals surface area contributed by atoms with Gasteiger partial charge in [0.15, 0.2) is 0 Å². The molecule has 0 aliphatic heterocycles. The van der Waals surface area contributed by atoms with Gasteiger partial charge in [-0.2, -0.15) is 0 Å². The van der Waals surface area contributed by atoms with E-state index in [9.17, 15) is 5.11 Å². The molecule has 0 atom stereocenters. The Labute approximate surface area is 174 Å². The van der Waals surface area contributed by atoms with E-state index in [0.717, 1.165) is 50.4 Å². The zero-order chi connectivity index (χ0) is 20.8. The van der Waals surface area contributed by atoms with Gasteiger partial charge in [-0.3, -0.25) is 9.80 Å². The number of unbranched alkanes of at least 4 members (excludes halogenated alkanes) is 4. The van der Waals surface area contributed by atoms with Crippen molar-refractivity contribution in [1.82, 2.24) is 9.80 Å². The van der Waals surface area contributed by atoms with Gasteiger partial charge in [0.05, 0.1) is 0 Å². The number of anilines is 1. The molecule has 0 amide bonds. The molecule has 0 saturated carbocycles. The maximum Gasteiger partial charge on any atom is 0.122 e. The molecule has 3 N–H and O–H groups in total. The zero-order valence-electron chi connectivity index (χ0n) is 19.0. The lowest BCUT2D eigenvalue weighted by Crippen LogP contribution is -2.27. The standard InChI is InChI=1S/C24H45N3O/c1-5-9-13-26(14-10-6-2)19-21-17-22(24(28)18-23(21)25)20-27(15-11-7-3)16-12-8-4/h17-18,28H,5-16,19-20,25H2,1-4H3. The molecule has 162 valence electrons. The maximum absolute atomic E-state index is 10.5. The van der Waals surface area contributed by atoms with Crippen molar-refractivity contribution in [2.24, 2.45) is 0 Å². The van der Waals surface area contributed by atoms with E-state index >= 15 is 0 Å². The van der Waals surface area contributed by atoms with Crippen LogP contribution in [0.2, 0.25) is 0 Å². The molecule has 0 heterocycles. The number of rotatable bonds is 16. The van der Waals surface area contributed by atoms with E-state index in [-0.39, 0.29) is 0 Å². The summed E-state index contributed by atoms with van der Waals surface area (Å²) >= 11 is 0. The van der Waals surface area contributed by atoms with E-state index in [2.05, 4.69) is 43.6 Å². The molecule has 1 rings (SSSR count). The van der Waals surface area contributed by atoms with E-state index in [4.69, 9.17) is 5.73 Å². The first kappa shape index (κ1) is 24.8. The predicted octanol–water partition coefficient (Wildman–Crippen LogP) is 5.78. The van der Waals surface area contributed by atoms with Crippen LogP contribution in [0, 0.1) is 0 Å². The van der Waals surface area contributed by atoms with Crippen LogP contribution in [0.5, 0.6) is 5.75 Å². The molecule has 28 heavy (non-hydrogen) atoms. The van der Waals surface area contributed by atoms with Gasteiger partial charge in [0.25, 0.3) is 0 Å². The highest BCUT2D eigenvalue weighted by molar-refractivity contribution is 5.54. The molecule has 4 nitrogen and oxygen atoms in total. The number of phenolic OH excluding ortho intramolecular Hbond substituents is 1. The number of hydrogen-bond acceptors (Lipinski definition) is 4. The smallest absolute Gasteiger partial charge is 0.122 e. The van der Waals surface area contributed by atoms with Gasteiger partial charge >= 0.3 is 0 Å². The summed E-state index contributed by atoms with van der Waals surface area (Å²) in [6.45, 7) is 15.1. The van der Waals surface area contributed by atoms with Crippen molar-refractivity contribution in [3.8, 4) is 5.75 Å². The fraction of sp³-hybridized carbons (Fsp3) is 0.750. The van der Waals surface area contributed by atoms with Crippen LogP contribution < -0.4 is 5.73 Å². The molecule has 0 unspecified atom stereocenters. The summed E-state index contributed by atoms with van der Waals surface area (Å²) in [5.41, 5.74) is 9.18. The minimum atomic E-state index is 0.341. The van der Waals surface area contributed by atoms with Crippen LogP contribution >= 0.6 is 0 Å². The minimum absolute atomic E-state index is 0.341. The average Bonchev–Trinajstić information content (AvgIpc) is 2.69. The monoisotopic (exact) mass is 391 g/mol. The van der Waals surface area contributed by atoms with Crippen molar-refractivity contribution >= 4 is 5.69 Å². The molecule has 0 aliphatic rings. The molecule has 1 aromatic rings. The van der Waals surface area contributed by atoms with Crippen LogP contribution in [-0.2, 0) is 13.1 Å². The molecule has 0 aliphatic carbocycles. The highest BCUT2D eigenvalue weighted by atomic mass is 16.3. The Morgan fingerprint density at radius 1 is 0.679 bits per heavy atom. The SMILES string of the molecule is CCCCN(CCCC)Cc1cc(CN(CCCC)CCCC)c(O)cc1N. The number of phenols is 1. The van der Waals surface area contributed by atoms with Gasteiger partial charge in [-0.1, -0.05) is 53.4 Å². The lowest BCUT2D eigenvalue weighted by molar-refractivity contribution is 0.251. The lowest BCUT2D eigenvalue weighted by Gasteiger charge is -2.25. The number of nitrogens with zero attached hydrogens (tertiary/aromatic N) is 2. The summed E-state index contributed by atoms with van der Waals surface area (Å²) in [7, 11) is 0. The first-order chi connectivity index (χ1) is 13.5. The summed E-state index contributed by atoms with van der Waals surface area (Å²) in [4.78, 5) is 5.00. The van der Waals surface area contributed by atoms with Crippen LogP contribution in [-0.4, -0.2) is 41.1 Å². The summed E-state index contributed by atoms with van der Waals surface area (Å²) in [6, 6.07) is 3.92. The van der Waals surface area contributed by atoms with E-state index in [1.807, 2.05) is 0 Å². The Kier molecular flexibility index (Phi) is 13.0. The maximum atomic E-state index is 10.5. The molecule has 0 bridgehead atoms. The molecule has 0 saturated heterocycles. The molecular weight excluding hydrogens is 346 g/mol. The summed E-state index contributed by atoms with van der Waals surface area (Å²) in [5, 5.41) is 10.5. The fourth-order valence-corrected chi connectivity index (χ4v) is 3.51. The molecule has 4 heteroatoms. The summed E-state index contributed by atoms with van der Waals surface area (Å²) < 4.78 is 0. The largest absolute Gasteiger partial charge is 0.508 e. The van der Waals surface area contributed by atoms with Gasteiger partial charge in [-0.05, 0) is 63.5 Å². The summed E-state index contributed by atoms with van der Waals surface area (Å²) in [6.07, 6.45) is 9.66. The van der Waals surface area contributed by atoms with Gasteiger partial charge in [0.1, 0.15) is 5.75 Å². The van der Waals surface area contributed by atoms with Gasteiger partial charge in [-0.15, -0.1) is 0 Å². The number of nitrogens with two attached hydrogens (primary N) is 1. The normalized spacial score (nSPS) is 11.6.